The summed E-state index contributed by atoms with van der Waals surface area (Å²) in [6.45, 7) is 0.737. The van der Waals surface area contributed by atoms with Gasteiger partial charge in [0.25, 0.3) is 0 Å². The number of para-hydroxylation sites is 1. The van der Waals surface area contributed by atoms with Gasteiger partial charge in [0, 0.05) is 37.6 Å². The Balaban J connectivity index is 1.64. The van der Waals surface area contributed by atoms with Crippen LogP contribution < -0.4 is 10.2 Å². The number of anilines is 3. The number of hydrogen-bond donors (Lipinski definition) is 1. The van der Waals surface area contributed by atoms with Crippen molar-refractivity contribution in [3.05, 3.63) is 96.6 Å². The van der Waals surface area contributed by atoms with E-state index in [0.29, 0.717) is 17.5 Å². The predicted molar refractivity (Wildman–Crippen MR) is 118 cm³/mol. The van der Waals surface area contributed by atoms with Crippen molar-refractivity contribution in [2.45, 2.75) is 6.42 Å². The molecule has 0 bridgehead atoms. The summed E-state index contributed by atoms with van der Waals surface area (Å²) in [7, 11) is 1.96. The third kappa shape index (κ3) is 4.78. The van der Waals surface area contributed by atoms with Crippen molar-refractivity contribution in [1.29, 1.82) is 0 Å². The zero-order valence-electron chi connectivity index (χ0n) is 16.7. The number of hydrogen-bond acceptors (Lipinski definition) is 5. The summed E-state index contributed by atoms with van der Waals surface area (Å²) in [5, 5.41) is 3.09. The maximum absolute atomic E-state index is 14.1. The molecular formula is C24H22FN5. The second-order valence-corrected chi connectivity index (χ2v) is 6.94. The van der Waals surface area contributed by atoms with Crippen LogP contribution in [0.1, 0.15) is 5.56 Å². The van der Waals surface area contributed by atoms with Crippen LogP contribution in [0.25, 0.3) is 11.3 Å². The first kappa shape index (κ1) is 19.5. The zero-order valence-corrected chi connectivity index (χ0v) is 16.7. The normalized spacial score (nSPS) is 10.6. The van der Waals surface area contributed by atoms with Crippen LogP contribution in [0.3, 0.4) is 0 Å². The van der Waals surface area contributed by atoms with E-state index in [9.17, 15) is 4.39 Å². The third-order valence-corrected chi connectivity index (χ3v) is 4.75. The van der Waals surface area contributed by atoms with Crippen molar-refractivity contribution >= 4 is 17.5 Å². The predicted octanol–water partition coefficient (Wildman–Crippen LogP) is 5.10. The lowest BCUT2D eigenvalue weighted by Crippen LogP contribution is -2.23. The van der Waals surface area contributed by atoms with Gasteiger partial charge in [0.15, 0.2) is 0 Å². The molecule has 1 N–H and O–H groups in total. The smallest absolute Gasteiger partial charge is 0.227 e. The number of likely N-dealkylation sites (N-methyl/N-ethyl adjacent to an activating group) is 1. The van der Waals surface area contributed by atoms with Crippen molar-refractivity contribution in [2.24, 2.45) is 0 Å². The van der Waals surface area contributed by atoms with Gasteiger partial charge in [-0.05, 0) is 36.2 Å². The molecule has 30 heavy (non-hydrogen) atoms. The number of pyridine rings is 1. The van der Waals surface area contributed by atoms with E-state index >= 15 is 0 Å². The summed E-state index contributed by atoms with van der Waals surface area (Å²) in [5.74, 6) is 0.786. The van der Waals surface area contributed by atoms with E-state index in [1.54, 1.807) is 30.6 Å². The van der Waals surface area contributed by atoms with E-state index in [1.807, 2.05) is 60.5 Å². The maximum atomic E-state index is 14.1. The molecule has 150 valence electrons. The second-order valence-electron chi connectivity index (χ2n) is 6.94. The molecule has 0 radical (unpaired) electrons. The lowest BCUT2D eigenvalue weighted by atomic mass is 10.1. The Morgan fingerprint density at radius 3 is 2.40 bits per heavy atom. The maximum Gasteiger partial charge on any atom is 0.227 e. The Kier molecular flexibility index (Phi) is 5.94. The average molecular weight is 399 g/mol. The van der Waals surface area contributed by atoms with Crippen molar-refractivity contribution in [2.75, 3.05) is 23.8 Å². The van der Waals surface area contributed by atoms with Gasteiger partial charge < -0.3 is 10.2 Å². The molecule has 0 atom stereocenters. The Hall–Kier alpha value is -3.80. The van der Waals surface area contributed by atoms with Crippen LogP contribution in [0.4, 0.5) is 21.8 Å². The molecule has 0 saturated heterocycles. The molecule has 0 unspecified atom stereocenters. The Bertz CT molecular complexity index is 1100. The van der Waals surface area contributed by atoms with E-state index in [-0.39, 0.29) is 5.82 Å². The lowest BCUT2D eigenvalue weighted by Gasteiger charge is -2.19. The van der Waals surface area contributed by atoms with Crippen molar-refractivity contribution in [1.82, 2.24) is 15.0 Å². The van der Waals surface area contributed by atoms with Gasteiger partial charge in [-0.3, -0.25) is 4.98 Å². The Morgan fingerprint density at radius 1 is 0.900 bits per heavy atom. The fourth-order valence-corrected chi connectivity index (χ4v) is 3.07. The van der Waals surface area contributed by atoms with Gasteiger partial charge in [-0.15, -0.1) is 0 Å². The molecule has 4 aromatic rings. The molecule has 6 heteroatoms. The summed E-state index contributed by atoms with van der Waals surface area (Å²) in [4.78, 5) is 15.4. The van der Waals surface area contributed by atoms with E-state index < -0.39 is 0 Å². The van der Waals surface area contributed by atoms with Gasteiger partial charge in [-0.2, -0.15) is 4.98 Å². The highest BCUT2D eigenvalue weighted by Gasteiger charge is 2.12. The topological polar surface area (TPSA) is 53.9 Å². The van der Waals surface area contributed by atoms with E-state index in [0.717, 1.165) is 24.2 Å². The molecule has 2 aromatic carbocycles. The van der Waals surface area contributed by atoms with Crippen LogP contribution >= 0.6 is 0 Å². The number of halogens is 1. The minimum atomic E-state index is -0.329. The summed E-state index contributed by atoms with van der Waals surface area (Å²) >= 11 is 0. The number of nitrogens with zero attached hydrogens (tertiary/aromatic N) is 4. The molecule has 2 aromatic heterocycles. The molecule has 2 heterocycles. The van der Waals surface area contributed by atoms with Gasteiger partial charge in [0.1, 0.15) is 11.6 Å². The molecule has 0 amide bonds. The van der Waals surface area contributed by atoms with E-state index in [1.165, 1.54) is 11.6 Å². The lowest BCUT2D eigenvalue weighted by molar-refractivity contribution is 0.632. The van der Waals surface area contributed by atoms with Crippen LogP contribution in [0.2, 0.25) is 0 Å². The first-order chi connectivity index (χ1) is 14.7. The molecule has 0 aliphatic rings. The fraction of sp³-hybridized carbons (Fsp3) is 0.125. The largest absolute Gasteiger partial charge is 0.343 e. The second kappa shape index (κ2) is 9.13. The fourth-order valence-electron chi connectivity index (χ4n) is 3.07. The molecule has 0 saturated carbocycles. The average Bonchev–Trinajstić information content (AvgIpc) is 2.80. The molecule has 5 nitrogen and oxygen atoms in total. The molecule has 4 rings (SSSR count). The van der Waals surface area contributed by atoms with E-state index in [2.05, 4.69) is 15.3 Å². The quantitative estimate of drug-likeness (QED) is 0.469. The van der Waals surface area contributed by atoms with E-state index in [4.69, 9.17) is 4.98 Å². The highest BCUT2D eigenvalue weighted by atomic mass is 19.1. The van der Waals surface area contributed by atoms with Crippen LogP contribution in [0.15, 0.2) is 85.2 Å². The van der Waals surface area contributed by atoms with Gasteiger partial charge in [0.2, 0.25) is 5.95 Å². The molecular weight excluding hydrogens is 377 g/mol. The first-order valence-corrected chi connectivity index (χ1v) is 9.75. The minimum Gasteiger partial charge on any atom is -0.343 e. The number of rotatable bonds is 7. The molecule has 0 spiro atoms. The van der Waals surface area contributed by atoms with Crippen LogP contribution in [-0.2, 0) is 6.42 Å². The molecule has 0 fully saturated rings. The summed E-state index contributed by atoms with van der Waals surface area (Å²) in [6, 6.07) is 22.3. The highest BCUT2D eigenvalue weighted by Crippen LogP contribution is 2.25. The van der Waals surface area contributed by atoms with Gasteiger partial charge >= 0.3 is 0 Å². The van der Waals surface area contributed by atoms with Gasteiger partial charge in [-0.1, -0.05) is 42.5 Å². The summed E-state index contributed by atoms with van der Waals surface area (Å²) < 4.78 is 14.1. The summed E-state index contributed by atoms with van der Waals surface area (Å²) in [6.07, 6.45) is 4.42. The van der Waals surface area contributed by atoms with Crippen molar-refractivity contribution in [3.63, 3.8) is 0 Å². The monoisotopic (exact) mass is 399 g/mol. The van der Waals surface area contributed by atoms with Gasteiger partial charge in [-0.25, -0.2) is 9.37 Å². The first-order valence-electron chi connectivity index (χ1n) is 9.75. The van der Waals surface area contributed by atoms with Crippen LogP contribution in [-0.4, -0.2) is 28.5 Å². The SMILES string of the molecule is CN(CCc1ccncc1)c1nc(Nc2ccccc2F)cc(-c2ccccc2)n1. The van der Waals surface area contributed by atoms with Crippen molar-refractivity contribution in [3.8, 4) is 11.3 Å². The Morgan fingerprint density at radius 2 is 1.63 bits per heavy atom. The van der Waals surface area contributed by atoms with Crippen LogP contribution in [0.5, 0.6) is 0 Å². The number of aromatic nitrogens is 3. The zero-order chi connectivity index (χ0) is 20.8. The molecule has 0 aliphatic carbocycles. The van der Waals surface area contributed by atoms with Gasteiger partial charge in [0.05, 0.1) is 11.4 Å². The summed E-state index contributed by atoms with van der Waals surface area (Å²) in [5.41, 5.74) is 3.32. The minimum absolute atomic E-state index is 0.329. The number of benzene rings is 2. The van der Waals surface area contributed by atoms with Crippen molar-refractivity contribution < 1.29 is 4.39 Å². The highest BCUT2D eigenvalue weighted by molar-refractivity contribution is 5.67. The molecule has 0 aliphatic heterocycles. The third-order valence-electron chi connectivity index (χ3n) is 4.75. The van der Waals surface area contributed by atoms with Crippen LogP contribution in [0, 0.1) is 5.82 Å². The standard InChI is InChI=1S/C24H22FN5/c1-30(16-13-18-11-14-26-15-12-18)24-28-22(19-7-3-2-4-8-19)17-23(29-24)27-21-10-6-5-9-20(21)25/h2-12,14-15,17H,13,16H2,1H3,(H,27,28,29). The Labute approximate surface area is 175 Å². The number of nitrogens with one attached hydrogen (secondary N) is 1.